The maximum absolute atomic E-state index is 13.9. The molecule has 0 fully saturated rings. The summed E-state index contributed by atoms with van der Waals surface area (Å²) >= 11 is 2.72. The average Bonchev–Trinajstić information content (AvgIpc) is 2.39. The van der Waals surface area contributed by atoms with Crippen LogP contribution in [-0.2, 0) is 15.7 Å². The van der Waals surface area contributed by atoms with Crippen LogP contribution in [0.4, 0.5) is 22.0 Å². The normalized spacial score (nSPS) is 13.2. The monoisotopic (exact) mass is 427 g/mol. The van der Waals surface area contributed by atoms with Crippen molar-refractivity contribution in [2.75, 3.05) is 6.61 Å². The number of hydrogen-bond donors (Lipinski definition) is 2. The molecular weight excluding hydrogens is 416 g/mol. The fourth-order valence-electron chi connectivity index (χ4n) is 1.68. The first-order chi connectivity index (χ1) is 9.94. The Morgan fingerprint density at radius 1 is 1.35 bits per heavy atom. The Kier molecular flexibility index (Phi) is 7.25. The molecule has 0 bridgehead atoms. The zero-order valence-electron chi connectivity index (χ0n) is 11.5. The lowest BCUT2D eigenvalue weighted by molar-refractivity contribution is -0.175. The van der Waals surface area contributed by atoms with E-state index >= 15 is 0 Å². The summed E-state index contributed by atoms with van der Waals surface area (Å²) in [6, 6.07) is -1.43. The molecule has 1 rings (SSSR count). The van der Waals surface area contributed by atoms with Gasteiger partial charge in [0.25, 0.3) is 0 Å². The highest BCUT2D eigenvalue weighted by Crippen LogP contribution is 2.45. The van der Waals surface area contributed by atoms with E-state index in [0.717, 1.165) is 6.07 Å². The molecule has 0 aliphatic carbocycles. The topological polar surface area (TPSA) is 72.5 Å². The summed E-state index contributed by atoms with van der Waals surface area (Å²) in [6.07, 6.45) is -5.05. The Morgan fingerprint density at radius 2 is 1.87 bits per heavy atom. The van der Waals surface area contributed by atoms with Gasteiger partial charge in [0.15, 0.2) is 0 Å². The third kappa shape index (κ3) is 4.45. The molecule has 1 aromatic rings. The predicted molar refractivity (Wildman–Crippen MR) is 76.6 cm³/mol. The SMILES string of the molecule is CCOC(=O)C(F)(F)[C@H](N)c1c(C(F)(F)F)ccc(Br)c1O.Cl. The largest absolute Gasteiger partial charge is 0.506 e. The summed E-state index contributed by atoms with van der Waals surface area (Å²) in [5, 5.41) is 9.67. The maximum atomic E-state index is 13.9. The first kappa shape index (κ1) is 21.9. The number of carbonyl (C=O) groups is 1. The minimum atomic E-state index is -5.05. The minimum Gasteiger partial charge on any atom is -0.506 e. The second-order valence-corrected chi connectivity index (χ2v) is 5.03. The highest BCUT2D eigenvalue weighted by atomic mass is 79.9. The van der Waals surface area contributed by atoms with E-state index in [0.29, 0.717) is 6.07 Å². The number of carbonyl (C=O) groups excluding carboxylic acids is 1. The Morgan fingerprint density at radius 3 is 2.30 bits per heavy atom. The number of alkyl halides is 5. The molecule has 0 amide bonds. The van der Waals surface area contributed by atoms with Gasteiger partial charge in [0.2, 0.25) is 0 Å². The van der Waals surface area contributed by atoms with Crippen LogP contribution in [0, 0.1) is 0 Å². The highest BCUT2D eigenvalue weighted by Gasteiger charge is 2.51. The van der Waals surface area contributed by atoms with Crippen molar-refractivity contribution >= 4 is 34.3 Å². The summed E-state index contributed by atoms with van der Waals surface area (Å²) in [6.45, 7) is 0.842. The lowest BCUT2D eigenvalue weighted by Gasteiger charge is -2.25. The number of aromatic hydroxyl groups is 1. The molecule has 0 unspecified atom stereocenters. The van der Waals surface area contributed by atoms with E-state index in [1.807, 2.05) is 0 Å². The zero-order valence-corrected chi connectivity index (χ0v) is 13.9. The van der Waals surface area contributed by atoms with Crippen molar-refractivity contribution in [2.24, 2.45) is 5.73 Å². The van der Waals surface area contributed by atoms with Crippen molar-refractivity contribution in [3.05, 3.63) is 27.7 Å². The maximum Gasteiger partial charge on any atom is 0.416 e. The third-order valence-electron chi connectivity index (χ3n) is 2.72. The zero-order chi connectivity index (χ0) is 17.3. The quantitative estimate of drug-likeness (QED) is 0.565. The van der Waals surface area contributed by atoms with Gasteiger partial charge in [0, 0.05) is 5.56 Å². The molecule has 0 saturated carbocycles. The molecule has 0 aromatic heterocycles. The number of phenolic OH excluding ortho intramolecular Hbond substituents is 1. The molecule has 0 aliphatic rings. The van der Waals surface area contributed by atoms with Crippen LogP contribution in [0.2, 0.25) is 0 Å². The minimum absolute atomic E-state index is 0. The van der Waals surface area contributed by atoms with Crippen molar-refractivity contribution in [1.29, 1.82) is 0 Å². The van der Waals surface area contributed by atoms with Crippen LogP contribution < -0.4 is 5.73 Å². The van der Waals surface area contributed by atoms with Crippen LogP contribution >= 0.6 is 28.3 Å². The van der Waals surface area contributed by atoms with Crippen LogP contribution in [0.5, 0.6) is 5.75 Å². The number of esters is 1. The van der Waals surface area contributed by atoms with Crippen LogP contribution in [0.25, 0.3) is 0 Å². The molecule has 0 aliphatic heterocycles. The van der Waals surface area contributed by atoms with Crippen LogP contribution in [0.15, 0.2) is 16.6 Å². The summed E-state index contributed by atoms with van der Waals surface area (Å²) < 4.78 is 70.3. The molecular formula is C12H12BrClF5NO3. The van der Waals surface area contributed by atoms with E-state index in [-0.39, 0.29) is 16.9 Å². The second-order valence-electron chi connectivity index (χ2n) is 4.18. The first-order valence-corrected chi connectivity index (χ1v) is 6.63. The molecule has 4 nitrogen and oxygen atoms in total. The van der Waals surface area contributed by atoms with Gasteiger partial charge in [-0.15, -0.1) is 12.4 Å². The lowest BCUT2D eigenvalue weighted by Crippen LogP contribution is -2.42. The van der Waals surface area contributed by atoms with E-state index in [9.17, 15) is 31.9 Å². The smallest absolute Gasteiger partial charge is 0.416 e. The van der Waals surface area contributed by atoms with E-state index in [2.05, 4.69) is 20.7 Å². The number of phenols is 1. The van der Waals surface area contributed by atoms with Gasteiger partial charge >= 0.3 is 18.1 Å². The first-order valence-electron chi connectivity index (χ1n) is 5.83. The molecule has 0 heterocycles. The van der Waals surface area contributed by atoms with E-state index < -0.39 is 47.6 Å². The van der Waals surface area contributed by atoms with Gasteiger partial charge in [-0.25, -0.2) is 4.79 Å². The van der Waals surface area contributed by atoms with Gasteiger partial charge in [-0.3, -0.25) is 0 Å². The lowest BCUT2D eigenvalue weighted by atomic mass is 9.94. The Bertz CT molecular complexity index is 583. The number of benzene rings is 1. The standard InChI is InChI=1S/C12H11BrF5NO3.ClH/c1-2-22-10(21)11(14,15)9(19)7-5(12(16,17)18)3-4-6(13)8(7)20;/h3-4,9,20H,2,19H2,1H3;1H/t9-;/m1./s1. The molecule has 23 heavy (non-hydrogen) atoms. The Balaban J connectivity index is 0.00000484. The van der Waals surface area contributed by atoms with Crippen molar-refractivity contribution < 1.29 is 36.6 Å². The van der Waals surface area contributed by atoms with Gasteiger partial charge < -0.3 is 15.6 Å². The fourth-order valence-corrected chi connectivity index (χ4v) is 2.02. The number of ether oxygens (including phenoxy) is 1. The van der Waals surface area contributed by atoms with E-state index in [1.54, 1.807) is 0 Å². The predicted octanol–water partition coefficient (Wildman–Crippen LogP) is 3.79. The molecule has 1 atom stereocenters. The summed E-state index contributed by atoms with van der Waals surface area (Å²) in [5.41, 5.74) is 2.28. The van der Waals surface area contributed by atoms with Crippen LogP contribution in [0.1, 0.15) is 24.1 Å². The second kappa shape index (κ2) is 7.63. The van der Waals surface area contributed by atoms with Crippen molar-refractivity contribution in [3.63, 3.8) is 0 Å². The van der Waals surface area contributed by atoms with Crippen LogP contribution in [0.3, 0.4) is 0 Å². The summed E-state index contributed by atoms with van der Waals surface area (Å²) in [5.74, 6) is -7.64. The van der Waals surface area contributed by atoms with Crippen molar-refractivity contribution in [2.45, 2.75) is 25.1 Å². The van der Waals surface area contributed by atoms with Gasteiger partial charge in [0.05, 0.1) is 16.6 Å². The van der Waals surface area contributed by atoms with Crippen molar-refractivity contribution in [3.8, 4) is 5.75 Å². The summed E-state index contributed by atoms with van der Waals surface area (Å²) in [7, 11) is 0. The fraction of sp³-hybridized carbons (Fsp3) is 0.417. The van der Waals surface area contributed by atoms with E-state index in [1.165, 1.54) is 6.92 Å². The molecule has 0 radical (unpaired) electrons. The summed E-state index contributed by atoms with van der Waals surface area (Å²) in [4.78, 5) is 11.2. The van der Waals surface area contributed by atoms with E-state index in [4.69, 9.17) is 5.73 Å². The molecule has 3 N–H and O–H groups in total. The van der Waals surface area contributed by atoms with Gasteiger partial charge in [-0.1, -0.05) is 0 Å². The number of nitrogens with two attached hydrogens (primary N) is 1. The van der Waals surface area contributed by atoms with Crippen LogP contribution in [-0.4, -0.2) is 23.6 Å². The van der Waals surface area contributed by atoms with Gasteiger partial charge in [-0.05, 0) is 35.0 Å². The van der Waals surface area contributed by atoms with Gasteiger partial charge in [0.1, 0.15) is 11.8 Å². The Labute approximate surface area is 142 Å². The Hall–Kier alpha value is -1.13. The molecule has 132 valence electrons. The highest BCUT2D eigenvalue weighted by molar-refractivity contribution is 9.10. The molecule has 0 saturated heterocycles. The van der Waals surface area contributed by atoms with Gasteiger partial charge in [-0.2, -0.15) is 22.0 Å². The number of rotatable bonds is 4. The molecule has 11 heteroatoms. The number of hydrogen-bond acceptors (Lipinski definition) is 4. The van der Waals surface area contributed by atoms with Crippen molar-refractivity contribution in [1.82, 2.24) is 0 Å². The number of halogens is 7. The molecule has 1 aromatic carbocycles. The molecule has 0 spiro atoms. The third-order valence-corrected chi connectivity index (χ3v) is 3.36. The average molecular weight is 429 g/mol.